The van der Waals surface area contributed by atoms with Crippen molar-refractivity contribution < 1.29 is 9.53 Å². The molecule has 0 aliphatic heterocycles. The summed E-state index contributed by atoms with van der Waals surface area (Å²) in [6, 6.07) is 15.6. The molecule has 0 saturated carbocycles. The number of ether oxygens (including phenoxy) is 1. The van der Waals surface area contributed by atoms with E-state index in [0.29, 0.717) is 19.6 Å². The second-order valence-corrected chi connectivity index (χ2v) is 6.85. The van der Waals surface area contributed by atoms with E-state index in [0.717, 1.165) is 35.1 Å². The van der Waals surface area contributed by atoms with Crippen molar-refractivity contribution in [3.8, 4) is 5.75 Å². The predicted molar refractivity (Wildman–Crippen MR) is 134 cm³/mol. The third-order valence-electron chi connectivity index (χ3n) is 4.07. The lowest BCUT2D eigenvalue weighted by atomic mass is 10.2. The van der Waals surface area contributed by atoms with Crippen LogP contribution < -0.4 is 20.7 Å². The number of hydrogen-bond acceptors (Lipinski definition) is 4. The van der Waals surface area contributed by atoms with Crippen molar-refractivity contribution in [3.63, 3.8) is 0 Å². The molecule has 1 amide bonds. The van der Waals surface area contributed by atoms with Crippen LogP contribution >= 0.6 is 24.0 Å². The summed E-state index contributed by atoms with van der Waals surface area (Å²) < 4.78 is 5.40. The van der Waals surface area contributed by atoms with Crippen molar-refractivity contribution in [2.75, 3.05) is 39.6 Å². The summed E-state index contributed by atoms with van der Waals surface area (Å²) in [5, 5.41) is 9.50. The molecule has 0 atom stereocenters. The van der Waals surface area contributed by atoms with Crippen LogP contribution in [0, 0.1) is 0 Å². The number of anilines is 1. The van der Waals surface area contributed by atoms with Gasteiger partial charge >= 0.3 is 0 Å². The SMILES string of the molecule is CCNC(=NCc1cccc(NC(=O)CN(C)C)c1)NCc1ccccc1OC.I. The van der Waals surface area contributed by atoms with E-state index in [9.17, 15) is 4.79 Å². The molecule has 0 saturated heterocycles. The average Bonchev–Trinajstić information content (AvgIpc) is 2.70. The summed E-state index contributed by atoms with van der Waals surface area (Å²) in [5.41, 5.74) is 2.85. The summed E-state index contributed by atoms with van der Waals surface area (Å²) in [4.78, 5) is 18.4. The normalized spacial score (nSPS) is 10.9. The van der Waals surface area contributed by atoms with E-state index >= 15 is 0 Å². The van der Waals surface area contributed by atoms with E-state index < -0.39 is 0 Å². The fourth-order valence-electron chi connectivity index (χ4n) is 2.78. The summed E-state index contributed by atoms with van der Waals surface area (Å²) in [6.07, 6.45) is 0. The largest absolute Gasteiger partial charge is 0.496 e. The Morgan fingerprint density at radius 2 is 1.87 bits per heavy atom. The Morgan fingerprint density at radius 1 is 1.10 bits per heavy atom. The molecule has 0 aliphatic rings. The van der Waals surface area contributed by atoms with Gasteiger partial charge in [0.15, 0.2) is 5.96 Å². The number of amides is 1. The van der Waals surface area contributed by atoms with Gasteiger partial charge in [0.1, 0.15) is 5.75 Å². The Morgan fingerprint density at radius 3 is 2.57 bits per heavy atom. The summed E-state index contributed by atoms with van der Waals surface area (Å²) in [7, 11) is 5.40. The Labute approximate surface area is 196 Å². The van der Waals surface area contributed by atoms with Gasteiger partial charge in [-0.05, 0) is 44.8 Å². The van der Waals surface area contributed by atoms with E-state index in [1.165, 1.54) is 0 Å². The molecule has 0 radical (unpaired) electrons. The molecule has 3 N–H and O–H groups in total. The van der Waals surface area contributed by atoms with Gasteiger partial charge in [-0.1, -0.05) is 30.3 Å². The molecule has 8 heteroatoms. The van der Waals surface area contributed by atoms with Crippen LogP contribution in [0.25, 0.3) is 0 Å². The highest BCUT2D eigenvalue weighted by Gasteiger charge is 2.05. The Bertz CT molecular complexity index is 827. The van der Waals surface area contributed by atoms with Crippen LogP contribution in [-0.2, 0) is 17.9 Å². The fourth-order valence-corrected chi connectivity index (χ4v) is 2.78. The molecule has 0 bridgehead atoms. The van der Waals surface area contributed by atoms with Gasteiger partial charge in [-0.15, -0.1) is 24.0 Å². The maximum atomic E-state index is 11.9. The van der Waals surface area contributed by atoms with Crippen LogP contribution in [0.15, 0.2) is 53.5 Å². The number of carbonyl (C=O) groups excluding carboxylic acids is 1. The zero-order valence-corrected chi connectivity index (χ0v) is 20.4. The van der Waals surface area contributed by atoms with E-state index in [4.69, 9.17) is 4.74 Å². The molecule has 2 aromatic rings. The summed E-state index contributed by atoms with van der Waals surface area (Å²) in [5.74, 6) is 1.53. The van der Waals surface area contributed by atoms with Crippen molar-refractivity contribution in [2.45, 2.75) is 20.0 Å². The molecular formula is C22H32IN5O2. The first-order valence-electron chi connectivity index (χ1n) is 9.69. The lowest BCUT2D eigenvalue weighted by Crippen LogP contribution is -2.36. The Balaban J connectivity index is 0.00000450. The van der Waals surface area contributed by atoms with Crippen LogP contribution in [-0.4, -0.2) is 51.1 Å². The molecule has 0 fully saturated rings. The number of hydrogen-bond donors (Lipinski definition) is 3. The molecule has 2 rings (SSSR count). The first-order valence-corrected chi connectivity index (χ1v) is 9.69. The quantitative estimate of drug-likeness (QED) is 0.267. The predicted octanol–water partition coefficient (Wildman–Crippen LogP) is 3.07. The summed E-state index contributed by atoms with van der Waals surface area (Å²) >= 11 is 0. The van der Waals surface area contributed by atoms with E-state index in [1.807, 2.05) is 74.4 Å². The number of nitrogens with zero attached hydrogens (tertiary/aromatic N) is 2. The number of aliphatic imine (C=N–C) groups is 1. The van der Waals surface area contributed by atoms with Gasteiger partial charge < -0.3 is 25.6 Å². The standard InChI is InChI=1S/C22H31N5O2.HI/c1-5-23-22(25-15-18-10-6-7-12-20(18)29-4)24-14-17-9-8-11-19(13-17)26-21(28)16-27(2)3;/h6-13H,5,14-16H2,1-4H3,(H,26,28)(H2,23,24,25);1H. The molecule has 0 spiro atoms. The molecule has 0 aliphatic carbocycles. The summed E-state index contributed by atoms with van der Waals surface area (Å²) in [6.45, 7) is 4.24. The topological polar surface area (TPSA) is 78.0 Å². The van der Waals surface area contributed by atoms with Crippen molar-refractivity contribution in [2.24, 2.45) is 4.99 Å². The number of rotatable bonds is 9. The highest BCUT2D eigenvalue weighted by Crippen LogP contribution is 2.16. The molecular weight excluding hydrogens is 493 g/mol. The zero-order valence-electron chi connectivity index (χ0n) is 18.1. The second kappa shape index (κ2) is 13.8. The third-order valence-corrected chi connectivity index (χ3v) is 4.07. The highest BCUT2D eigenvalue weighted by molar-refractivity contribution is 14.0. The van der Waals surface area contributed by atoms with Gasteiger partial charge in [-0.2, -0.15) is 0 Å². The van der Waals surface area contributed by atoms with E-state index in [-0.39, 0.29) is 29.9 Å². The maximum absolute atomic E-state index is 11.9. The van der Waals surface area contributed by atoms with Gasteiger partial charge in [-0.3, -0.25) is 4.79 Å². The second-order valence-electron chi connectivity index (χ2n) is 6.85. The Kier molecular flexibility index (Phi) is 11.8. The molecule has 0 unspecified atom stereocenters. The lowest BCUT2D eigenvalue weighted by molar-refractivity contribution is -0.116. The van der Waals surface area contributed by atoms with Crippen molar-refractivity contribution >= 4 is 41.5 Å². The monoisotopic (exact) mass is 525 g/mol. The first kappa shape index (κ1) is 25.7. The number of likely N-dealkylation sites (N-methyl/N-ethyl adjacent to an activating group) is 1. The van der Waals surface area contributed by atoms with Gasteiger partial charge in [0.05, 0.1) is 20.2 Å². The molecule has 7 nitrogen and oxygen atoms in total. The Hall–Kier alpha value is -2.33. The lowest BCUT2D eigenvalue weighted by Gasteiger charge is -2.14. The van der Waals surface area contributed by atoms with E-state index in [1.54, 1.807) is 7.11 Å². The van der Waals surface area contributed by atoms with Crippen LogP contribution in [0.4, 0.5) is 5.69 Å². The number of guanidine groups is 1. The van der Waals surface area contributed by atoms with E-state index in [2.05, 4.69) is 20.9 Å². The minimum Gasteiger partial charge on any atom is -0.496 e. The van der Waals surface area contributed by atoms with Crippen molar-refractivity contribution in [1.29, 1.82) is 0 Å². The molecule has 2 aromatic carbocycles. The van der Waals surface area contributed by atoms with Crippen LogP contribution in [0.3, 0.4) is 0 Å². The van der Waals surface area contributed by atoms with Crippen LogP contribution in [0.2, 0.25) is 0 Å². The molecule has 164 valence electrons. The van der Waals surface area contributed by atoms with Crippen molar-refractivity contribution in [3.05, 3.63) is 59.7 Å². The van der Waals surface area contributed by atoms with Gasteiger partial charge in [-0.25, -0.2) is 4.99 Å². The zero-order chi connectivity index (χ0) is 21.1. The number of nitrogens with one attached hydrogen (secondary N) is 3. The minimum atomic E-state index is -0.0394. The molecule has 30 heavy (non-hydrogen) atoms. The van der Waals surface area contributed by atoms with Crippen LogP contribution in [0.5, 0.6) is 5.75 Å². The number of halogens is 1. The van der Waals surface area contributed by atoms with Crippen molar-refractivity contribution in [1.82, 2.24) is 15.5 Å². The van der Waals surface area contributed by atoms with Gasteiger partial charge in [0, 0.05) is 24.3 Å². The molecule has 0 heterocycles. The average molecular weight is 525 g/mol. The molecule has 0 aromatic heterocycles. The fraction of sp³-hybridized carbons (Fsp3) is 0.364. The van der Waals surface area contributed by atoms with Crippen LogP contribution in [0.1, 0.15) is 18.1 Å². The maximum Gasteiger partial charge on any atom is 0.238 e. The number of carbonyl (C=O) groups is 1. The smallest absolute Gasteiger partial charge is 0.238 e. The van der Waals surface area contributed by atoms with Gasteiger partial charge in [0.2, 0.25) is 5.91 Å². The third kappa shape index (κ3) is 9.00. The van der Waals surface area contributed by atoms with Gasteiger partial charge in [0.25, 0.3) is 0 Å². The highest BCUT2D eigenvalue weighted by atomic mass is 127. The first-order chi connectivity index (χ1) is 14.0. The number of benzene rings is 2. The minimum absolute atomic E-state index is 0. The number of para-hydroxylation sites is 1. The number of methoxy groups -OCH3 is 1.